The van der Waals surface area contributed by atoms with Crippen LogP contribution in [0.25, 0.3) is 0 Å². The molecular formula is C18H18BrN3O4S. The van der Waals surface area contributed by atoms with Gasteiger partial charge in [0.1, 0.15) is 5.56 Å². The van der Waals surface area contributed by atoms with Gasteiger partial charge in [-0.1, -0.05) is 15.9 Å². The molecule has 9 heteroatoms. The van der Waals surface area contributed by atoms with Crippen LogP contribution >= 0.6 is 27.7 Å². The Labute approximate surface area is 169 Å². The number of carbonyl (C=O) groups excluding carboxylic acids is 1. The summed E-state index contributed by atoms with van der Waals surface area (Å²) in [6, 6.07) is 10.2. The van der Waals surface area contributed by atoms with Crippen LogP contribution in [0.3, 0.4) is 0 Å². The summed E-state index contributed by atoms with van der Waals surface area (Å²) in [4.78, 5) is 26.6. The van der Waals surface area contributed by atoms with Gasteiger partial charge in [0, 0.05) is 28.5 Å². The normalized spacial score (nSPS) is 14.1. The van der Waals surface area contributed by atoms with Crippen LogP contribution in [0.1, 0.15) is 10.4 Å². The molecule has 1 saturated heterocycles. The molecule has 1 aliphatic rings. The number of nitro benzene ring substituents is 1. The van der Waals surface area contributed by atoms with Crippen molar-refractivity contribution in [2.24, 2.45) is 0 Å². The molecule has 1 aliphatic heterocycles. The van der Waals surface area contributed by atoms with Crippen molar-refractivity contribution in [3.05, 3.63) is 56.5 Å². The molecule has 3 rings (SSSR count). The number of hydrogen-bond acceptors (Lipinski definition) is 6. The minimum atomic E-state index is -0.539. The molecule has 2 aromatic carbocycles. The SMILES string of the molecule is CSc1ccc([N+](=O)[O-])c(C(=O)Nc2cc(Br)ccc2N2CCOCC2)c1. The first kappa shape index (κ1) is 19.7. The first-order valence-electron chi connectivity index (χ1n) is 8.25. The molecule has 0 spiro atoms. The Kier molecular flexibility index (Phi) is 6.35. The zero-order valence-electron chi connectivity index (χ0n) is 14.6. The summed E-state index contributed by atoms with van der Waals surface area (Å²) >= 11 is 4.84. The highest BCUT2D eigenvalue weighted by molar-refractivity contribution is 9.10. The molecule has 0 radical (unpaired) electrons. The van der Waals surface area contributed by atoms with Gasteiger partial charge in [0.05, 0.1) is 29.5 Å². The Morgan fingerprint density at radius 1 is 1.26 bits per heavy atom. The lowest BCUT2D eigenvalue weighted by Gasteiger charge is -2.30. The van der Waals surface area contributed by atoms with Crippen molar-refractivity contribution in [2.45, 2.75) is 4.90 Å². The highest BCUT2D eigenvalue weighted by Gasteiger charge is 2.23. The number of rotatable bonds is 5. The van der Waals surface area contributed by atoms with Gasteiger partial charge in [-0.3, -0.25) is 14.9 Å². The van der Waals surface area contributed by atoms with Crippen molar-refractivity contribution in [1.29, 1.82) is 0 Å². The van der Waals surface area contributed by atoms with Gasteiger partial charge in [-0.25, -0.2) is 0 Å². The Morgan fingerprint density at radius 3 is 2.67 bits per heavy atom. The second-order valence-corrected chi connectivity index (χ2v) is 7.65. The first-order valence-corrected chi connectivity index (χ1v) is 10.3. The van der Waals surface area contributed by atoms with Crippen molar-refractivity contribution in [3.8, 4) is 0 Å². The van der Waals surface area contributed by atoms with E-state index in [1.54, 1.807) is 18.2 Å². The third-order valence-electron chi connectivity index (χ3n) is 4.20. The van der Waals surface area contributed by atoms with E-state index in [0.717, 1.165) is 15.1 Å². The molecule has 0 aliphatic carbocycles. The number of nitrogens with one attached hydrogen (secondary N) is 1. The van der Waals surface area contributed by atoms with E-state index in [-0.39, 0.29) is 11.3 Å². The summed E-state index contributed by atoms with van der Waals surface area (Å²) in [5.41, 5.74) is 1.28. The minimum Gasteiger partial charge on any atom is -0.378 e. The van der Waals surface area contributed by atoms with Crippen LogP contribution in [0.15, 0.2) is 45.8 Å². The lowest BCUT2D eigenvalue weighted by atomic mass is 10.1. The molecule has 0 atom stereocenters. The number of hydrogen-bond donors (Lipinski definition) is 1. The van der Waals surface area contributed by atoms with E-state index in [9.17, 15) is 14.9 Å². The Bertz CT molecular complexity index is 872. The number of nitro groups is 1. The van der Waals surface area contributed by atoms with E-state index >= 15 is 0 Å². The standard InChI is InChI=1S/C18H18BrN3O4S/c1-27-13-3-5-16(22(24)25)14(11-13)18(23)20-15-10-12(19)2-4-17(15)21-6-8-26-9-7-21/h2-5,10-11H,6-9H2,1H3,(H,20,23). The van der Waals surface area contributed by atoms with Crippen molar-refractivity contribution < 1.29 is 14.5 Å². The molecule has 1 amide bonds. The minimum absolute atomic E-state index is 0.0414. The summed E-state index contributed by atoms with van der Waals surface area (Å²) in [6.07, 6.45) is 1.85. The van der Waals surface area contributed by atoms with Crippen LogP contribution < -0.4 is 10.2 Å². The number of amides is 1. The van der Waals surface area contributed by atoms with E-state index in [1.165, 1.54) is 17.8 Å². The Hall–Kier alpha value is -2.10. The van der Waals surface area contributed by atoms with Crippen LogP contribution in [0, 0.1) is 10.1 Å². The van der Waals surface area contributed by atoms with Crippen LogP contribution in [0.2, 0.25) is 0 Å². The average Bonchev–Trinajstić information content (AvgIpc) is 2.68. The second-order valence-electron chi connectivity index (χ2n) is 5.86. The molecule has 27 heavy (non-hydrogen) atoms. The van der Waals surface area contributed by atoms with Gasteiger partial charge >= 0.3 is 0 Å². The molecule has 7 nitrogen and oxygen atoms in total. The van der Waals surface area contributed by atoms with Crippen molar-refractivity contribution >= 4 is 50.7 Å². The topological polar surface area (TPSA) is 84.7 Å². The number of ether oxygens (including phenoxy) is 1. The molecular weight excluding hydrogens is 434 g/mol. The fourth-order valence-electron chi connectivity index (χ4n) is 2.86. The van der Waals surface area contributed by atoms with Crippen LogP contribution in [0.5, 0.6) is 0 Å². The molecule has 1 heterocycles. The lowest BCUT2D eigenvalue weighted by Crippen LogP contribution is -2.36. The molecule has 142 valence electrons. The highest BCUT2D eigenvalue weighted by atomic mass is 79.9. The third kappa shape index (κ3) is 4.60. The number of halogens is 1. The zero-order chi connectivity index (χ0) is 19.4. The smallest absolute Gasteiger partial charge is 0.282 e. The first-order chi connectivity index (χ1) is 13.0. The van der Waals surface area contributed by atoms with Gasteiger partial charge in [0.25, 0.3) is 11.6 Å². The van der Waals surface area contributed by atoms with Crippen molar-refractivity contribution in [1.82, 2.24) is 0 Å². The van der Waals surface area contributed by atoms with E-state index < -0.39 is 10.8 Å². The summed E-state index contributed by atoms with van der Waals surface area (Å²) in [5, 5.41) is 14.2. The second kappa shape index (κ2) is 8.73. The van der Waals surface area contributed by atoms with Gasteiger partial charge in [0.2, 0.25) is 0 Å². The van der Waals surface area contributed by atoms with Crippen molar-refractivity contribution in [3.63, 3.8) is 0 Å². The van der Waals surface area contributed by atoms with Crippen LogP contribution in [0.4, 0.5) is 17.1 Å². The maximum atomic E-state index is 12.9. The van der Waals surface area contributed by atoms with Gasteiger partial charge in [-0.15, -0.1) is 11.8 Å². The van der Waals surface area contributed by atoms with Crippen LogP contribution in [-0.2, 0) is 4.74 Å². The molecule has 0 aromatic heterocycles. The number of nitrogens with zero attached hydrogens (tertiary/aromatic N) is 2. The summed E-state index contributed by atoms with van der Waals surface area (Å²) in [7, 11) is 0. The van der Waals surface area contributed by atoms with E-state index in [0.29, 0.717) is 32.0 Å². The molecule has 2 aromatic rings. The molecule has 0 bridgehead atoms. The predicted octanol–water partition coefficient (Wildman–Crippen LogP) is 4.17. The maximum absolute atomic E-state index is 12.9. The van der Waals surface area contributed by atoms with E-state index in [1.807, 2.05) is 18.4 Å². The molecule has 0 saturated carbocycles. The number of anilines is 2. The van der Waals surface area contributed by atoms with Gasteiger partial charge < -0.3 is 15.0 Å². The highest BCUT2D eigenvalue weighted by Crippen LogP contribution is 2.32. The summed E-state index contributed by atoms with van der Waals surface area (Å²) < 4.78 is 6.19. The van der Waals surface area contributed by atoms with E-state index in [2.05, 4.69) is 26.1 Å². The van der Waals surface area contributed by atoms with E-state index in [4.69, 9.17) is 4.74 Å². The van der Waals surface area contributed by atoms with Crippen molar-refractivity contribution in [2.75, 3.05) is 42.8 Å². The number of benzene rings is 2. The molecule has 1 fully saturated rings. The molecule has 0 unspecified atom stereocenters. The monoisotopic (exact) mass is 451 g/mol. The third-order valence-corrected chi connectivity index (χ3v) is 5.42. The van der Waals surface area contributed by atoms with Gasteiger partial charge in [-0.05, 0) is 36.6 Å². The lowest BCUT2D eigenvalue weighted by molar-refractivity contribution is -0.385. The number of thioether (sulfide) groups is 1. The largest absolute Gasteiger partial charge is 0.378 e. The maximum Gasteiger partial charge on any atom is 0.282 e. The van der Waals surface area contributed by atoms with Gasteiger partial charge in [0.15, 0.2) is 0 Å². The molecule has 1 N–H and O–H groups in total. The fourth-order valence-corrected chi connectivity index (χ4v) is 3.66. The van der Waals surface area contributed by atoms with Gasteiger partial charge in [-0.2, -0.15) is 0 Å². The predicted molar refractivity (Wildman–Crippen MR) is 110 cm³/mol. The number of carbonyl (C=O) groups is 1. The fraction of sp³-hybridized carbons (Fsp3) is 0.278. The summed E-state index contributed by atoms with van der Waals surface area (Å²) in [6.45, 7) is 2.66. The number of morpholine rings is 1. The Morgan fingerprint density at radius 2 is 2.00 bits per heavy atom. The summed E-state index contributed by atoms with van der Waals surface area (Å²) in [5.74, 6) is -0.509. The van der Waals surface area contributed by atoms with Crippen LogP contribution in [-0.4, -0.2) is 43.4 Å². The Balaban J connectivity index is 1.94. The average molecular weight is 452 g/mol. The quantitative estimate of drug-likeness (QED) is 0.417. The zero-order valence-corrected chi connectivity index (χ0v) is 17.0.